The number of Topliss-reactive ketones (excluding diaryl/α,β-unsaturated/α-hetero) is 1. The lowest BCUT2D eigenvalue weighted by Gasteiger charge is -2.05. The van der Waals surface area contributed by atoms with Crippen molar-refractivity contribution in [3.8, 4) is 5.75 Å². The zero-order valence-corrected chi connectivity index (χ0v) is 12.4. The predicted octanol–water partition coefficient (Wildman–Crippen LogP) is 3.13. The van der Waals surface area contributed by atoms with Crippen molar-refractivity contribution < 1.29 is 19.1 Å². The summed E-state index contributed by atoms with van der Waals surface area (Å²) in [6.07, 6.45) is 1.47. The Labute approximate surface area is 121 Å². The normalized spacial score (nSPS) is 10.0. The van der Waals surface area contributed by atoms with Crippen LogP contribution in [0.5, 0.6) is 5.75 Å². The summed E-state index contributed by atoms with van der Waals surface area (Å²) in [5.74, 6) is 0.495. The molecule has 0 spiro atoms. The Morgan fingerprint density at radius 2 is 1.79 bits per heavy atom. The van der Waals surface area contributed by atoms with Crippen LogP contribution in [0.1, 0.15) is 25.7 Å². The van der Waals surface area contributed by atoms with Gasteiger partial charge in [0, 0.05) is 17.3 Å². The Morgan fingerprint density at radius 1 is 1.11 bits per heavy atom. The summed E-state index contributed by atoms with van der Waals surface area (Å²) in [6.45, 7) is 0.492. The Bertz CT molecular complexity index is 414. The zero-order chi connectivity index (χ0) is 14.1. The van der Waals surface area contributed by atoms with Gasteiger partial charge in [-0.25, -0.2) is 0 Å². The van der Waals surface area contributed by atoms with Crippen LogP contribution in [0.4, 0.5) is 0 Å². The molecule has 0 bridgehead atoms. The molecule has 0 unspecified atom stereocenters. The molecule has 0 aliphatic rings. The first-order chi connectivity index (χ1) is 9.11. The van der Waals surface area contributed by atoms with Crippen molar-refractivity contribution in [2.75, 3.05) is 13.7 Å². The number of carbonyl (C=O) groups is 2. The number of carbonyl (C=O) groups excluding carboxylic acids is 2. The molecular formula is C14H17BrO4. The van der Waals surface area contributed by atoms with Gasteiger partial charge in [-0.3, -0.25) is 9.59 Å². The third-order valence-corrected chi connectivity index (χ3v) is 3.05. The summed E-state index contributed by atoms with van der Waals surface area (Å²) < 4.78 is 11.0. The number of ether oxygens (including phenoxy) is 2. The van der Waals surface area contributed by atoms with Gasteiger partial charge in [-0.05, 0) is 30.7 Å². The maximum absolute atomic E-state index is 11.4. The quantitative estimate of drug-likeness (QED) is 0.543. The van der Waals surface area contributed by atoms with Gasteiger partial charge in [0.2, 0.25) is 0 Å². The number of esters is 1. The lowest BCUT2D eigenvalue weighted by atomic mass is 10.1. The second kappa shape index (κ2) is 8.69. The molecule has 19 heavy (non-hydrogen) atoms. The number of rotatable bonds is 8. The van der Waals surface area contributed by atoms with Gasteiger partial charge in [-0.1, -0.05) is 15.9 Å². The summed E-state index contributed by atoms with van der Waals surface area (Å²) in [5, 5.41) is 0. The molecule has 0 atom stereocenters. The van der Waals surface area contributed by atoms with Gasteiger partial charge in [0.1, 0.15) is 11.5 Å². The number of ketones is 1. The number of benzene rings is 1. The molecule has 0 saturated carbocycles. The minimum absolute atomic E-state index is 0.0600. The highest BCUT2D eigenvalue weighted by molar-refractivity contribution is 9.10. The van der Waals surface area contributed by atoms with E-state index in [2.05, 4.69) is 20.7 Å². The fourth-order valence-electron chi connectivity index (χ4n) is 1.46. The Balaban J connectivity index is 2.11. The highest BCUT2D eigenvalue weighted by atomic mass is 79.9. The van der Waals surface area contributed by atoms with Gasteiger partial charge < -0.3 is 9.47 Å². The average molecular weight is 329 g/mol. The smallest absolute Gasteiger partial charge is 0.305 e. The second-order valence-electron chi connectivity index (χ2n) is 4.02. The van der Waals surface area contributed by atoms with Crippen LogP contribution in [0, 0.1) is 0 Å². The Morgan fingerprint density at radius 3 is 2.42 bits per heavy atom. The van der Waals surface area contributed by atoms with Crippen molar-refractivity contribution in [2.24, 2.45) is 0 Å². The first-order valence-electron chi connectivity index (χ1n) is 6.08. The number of hydrogen-bond acceptors (Lipinski definition) is 4. The topological polar surface area (TPSA) is 52.6 Å². The standard InChI is InChI=1S/C14H17BrO4/c1-18-14(17)9-6-12(16)3-2-10-19-13-7-4-11(15)5-8-13/h4-5,7-8H,2-3,6,9-10H2,1H3. The zero-order valence-electron chi connectivity index (χ0n) is 10.9. The maximum atomic E-state index is 11.4. The lowest BCUT2D eigenvalue weighted by Crippen LogP contribution is -2.07. The van der Waals surface area contributed by atoms with Crippen molar-refractivity contribution in [1.82, 2.24) is 0 Å². The van der Waals surface area contributed by atoms with Crippen LogP contribution < -0.4 is 4.74 Å². The van der Waals surface area contributed by atoms with Crippen LogP contribution in [0.3, 0.4) is 0 Å². The van der Waals surface area contributed by atoms with Gasteiger partial charge in [-0.15, -0.1) is 0 Å². The van der Waals surface area contributed by atoms with Crippen molar-refractivity contribution >= 4 is 27.7 Å². The van der Waals surface area contributed by atoms with Gasteiger partial charge >= 0.3 is 5.97 Å². The third-order valence-electron chi connectivity index (χ3n) is 2.52. The Hall–Kier alpha value is -1.36. The monoisotopic (exact) mass is 328 g/mol. The van der Waals surface area contributed by atoms with Crippen LogP contribution in [-0.2, 0) is 14.3 Å². The van der Waals surface area contributed by atoms with Crippen LogP contribution in [0.25, 0.3) is 0 Å². The fourth-order valence-corrected chi connectivity index (χ4v) is 1.72. The summed E-state index contributed by atoms with van der Waals surface area (Å²) in [6, 6.07) is 7.53. The average Bonchev–Trinajstić information content (AvgIpc) is 2.42. The maximum Gasteiger partial charge on any atom is 0.305 e. The second-order valence-corrected chi connectivity index (χ2v) is 4.94. The van der Waals surface area contributed by atoms with E-state index in [0.29, 0.717) is 19.4 Å². The van der Waals surface area contributed by atoms with Crippen LogP contribution in [-0.4, -0.2) is 25.5 Å². The van der Waals surface area contributed by atoms with Gasteiger partial charge in [-0.2, -0.15) is 0 Å². The summed E-state index contributed by atoms with van der Waals surface area (Å²) in [7, 11) is 1.32. The number of methoxy groups -OCH3 is 1. The SMILES string of the molecule is COC(=O)CCC(=O)CCCOc1ccc(Br)cc1. The van der Waals surface area contributed by atoms with E-state index in [1.807, 2.05) is 24.3 Å². The molecule has 0 fully saturated rings. The van der Waals surface area contributed by atoms with E-state index >= 15 is 0 Å². The molecule has 0 saturated heterocycles. The molecule has 0 amide bonds. The molecule has 104 valence electrons. The molecule has 1 aromatic carbocycles. The summed E-state index contributed by atoms with van der Waals surface area (Å²) in [5.41, 5.74) is 0. The van der Waals surface area contributed by atoms with E-state index in [1.165, 1.54) is 7.11 Å². The minimum Gasteiger partial charge on any atom is -0.494 e. The molecular weight excluding hydrogens is 312 g/mol. The minimum atomic E-state index is -0.348. The molecule has 4 nitrogen and oxygen atoms in total. The fraction of sp³-hybridized carbons (Fsp3) is 0.429. The van der Waals surface area contributed by atoms with Gasteiger partial charge in [0.25, 0.3) is 0 Å². The molecule has 1 aromatic rings. The summed E-state index contributed by atoms with van der Waals surface area (Å²) in [4.78, 5) is 22.3. The first-order valence-corrected chi connectivity index (χ1v) is 6.88. The van der Waals surface area contributed by atoms with E-state index in [9.17, 15) is 9.59 Å². The first kappa shape index (κ1) is 15.7. The molecule has 0 aliphatic heterocycles. The van der Waals surface area contributed by atoms with E-state index in [1.54, 1.807) is 0 Å². The van der Waals surface area contributed by atoms with E-state index in [0.717, 1.165) is 10.2 Å². The van der Waals surface area contributed by atoms with Crippen LogP contribution in [0.2, 0.25) is 0 Å². The molecule has 5 heteroatoms. The van der Waals surface area contributed by atoms with Gasteiger partial charge in [0.15, 0.2) is 0 Å². The van der Waals surface area contributed by atoms with E-state index in [4.69, 9.17) is 4.74 Å². The highest BCUT2D eigenvalue weighted by Crippen LogP contribution is 2.16. The van der Waals surface area contributed by atoms with Gasteiger partial charge in [0.05, 0.1) is 20.1 Å². The molecule has 0 heterocycles. The molecule has 1 rings (SSSR count). The highest BCUT2D eigenvalue weighted by Gasteiger charge is 2.06. The molecule has 0 aliphatic carbocycles. The van der Waals surface area contributed by atoms with Crippen molar-refractivity contribution in [2.45, 2.75) is 25.7 Å². The molecule has 0 radical (unpaired) electrons. The van der Waals surface area contributed by atoms with Crippen LogP contribution in [0.15, 0.2) is 28.7 Å². The molecule has 0 N–H and O–H groups in total. The number of halogens is 1. The lowest BCUT2D eigenvalue weighted by molar-refractivity contribution is -0.141. The molecule has 0 aromatic heterocycles. The number of hydrogen-bond donors (Lipinski definition) is 0. The largest absolute Gasteiger partial charge is 0.494 e. The van der Waals surface area contributed by atoms with E-state index < -0.39 is 0 Å². The van der Waals surface area contributed by atoms with Crippen LogP contribution >= 0.6 is 15.9 Å². The predicted molar refractivity (Wildman–Crippen MR) is 75.1 cm³/mol. The summed E-state index contributed by atoms with van der Waals surface area (Å²) >= 11 is 3.34. The van der Waals surface area contributed by atoms with Crippen molar-refractivity contribution in [3.63, 3.8) is 0 Å². The third kappa shape index (κ3) is 6.96. The van der Waals surface area contributed by atoms with Crippen molar-refractivity contribution in [1.29, 1.82) is 0 Å². The van der Waals surface area contributed by atoms with Crippen molar-refractivity contribution in [3.05, 3.63) is 28.7 Å². The Kier molecular flexibility index (Phi) is 7.18. The van der Waals surface area contributed by atoms with E-state index in [-0.39, 0.29) is 24.6 Å².